The second-order valence-corrected chi connectivity index (χ2v) is 6.53. The molecule has 0 radical (unpaired) electrons. The van der Waals surface area contributed by atoms with Crippen molar-refractivity contribution in [3.63, 3.8) is 0 Å². The summed E-state index contributed by atoms with van der Waals surface area (Å²) in [6.45, 7) is 11.9. The van der Waals surface area contributed by atoms with Gasteiger partial charge in [-0.05, 0) is 39.7 Å². The zero-order chi connectivity index (χ0) is 18.2. The lowest BCUT2D eigenvalue weighted by Gasteiger charge is -2.38. The summed E-state index contributed by atoms with van der Waals surface area (Å²) in [5, 5.41) is 19.6. The molecule has 0 saturated heterocycles. The van der Waals surface area contributed by atoms with E-state index in [1.165, 1.54) is 6.42 Å². The van der Waals surface area contributed by atoms with Crippen LogP contribution in [0.1, 0.15) is 75.2 Å². The standard InChI is InChI=1S/C18H33N3O3/c1-6-9-10-19-12-18(7-2,8-3)14(5)20-17(23)16-13(4)15(11-22)24-21-16/h14,19,22H,6-12H2,1-5H3,(H,20,23). The molecule has 0 aliphatic rings. The largest absolute Gasteiger partial charge is 0.388 e. The molecule has 0 aromatic carbocycles. The number of aliphatic hydroxyl groups excluding tert-OH is 1. The van der Waals surface area contributed by atoms with Gasteiger partial charge in [0, 0.05) is 23.6 Å². The van der Waals surface area contributed by atoms with Crippen LogP contribution in [0, 0.1) is 12.3 Å². The van der Waals surface area contributed by atoms with Crippen molar-refractivity contribution in [3.8, 4) is 0 Å². The van der Waals surface area contributed by atoms with E-state index in [1.807, 2.05) is 0 Å². The van der Waals surface area contributed by atoms with Crippen LogP contribution >= 0.6 is 0 Å². The summed E-state index contributed by atoms with van der Waals surface area (Å²) in [7, 11) is 0. The van der Waals surface area contributed by atoms with E-state index in [-0.39, 0.29) is 29.7 Å². The average molecular weight is 339 g/mol. The molecule has 138 valence electrons. The quantitative estimate of drug-likeness (QED) is 0.540. The van der Waals surface area contributed by atoms with Crippen LogP contribution in [0.3, 0.4) is 0 Å². The Labute approximate surface area is 145 Å². The van der Waals surface area contributed by atoms with Gasteiger partial charge < -0.3 is 20.3 Å². The molecule has 1 amide bonds. The first-order valence-corrected chi connectivity index (χ1v) is 9.03. The van der Waals surface area contributed by atoms with E-state index in [9.17, 15) is 4.79 Å². The summed E-state index contributed by atoms with van der Waals surface area (Å²) in [6, 6.07) is 0.00260. The SMILES string of the molecule is CCCCNCC(CC)(CC)C(C)NC(=O)c1noc(CO)c1C. The summed E-state index contributed by atoms with van der Waals surface area (Å²) >= 11 is 0. The molecule has 6 heteroatoms. The summed E-state index contributed by atoms with van der Waals surface area (Å²) in [4.78, 5) is 12.5. The van der Waals surface area contributed by atoms with Gasteiger partial charge in [-0.2, -0.15) is 0 Å². The molecule has 1 aromatic rings. The van der Waals surface area contributed by atoms with Crippen molar-refractivity contribution in [2.75, 3.05) is 13.1 Å². The van der Waals surface area contributed by atoms with Gasteiger partial charge in [-0.15, -0.1) is 0 Å². The molecule has 0 fully saturated rings. The summed E-state index contributed by atoms with van der Waals surface area (Å²) in [5.74, 6) is 0.0922. The number of unbranched alkanes of at least 4 members (excludes halogenated alkanes) is 1. The third-order valence-electron chi connectivity index (χ3n) is 5.24. The Bertz CT molecular complexity index is 510. The first-order valence-electron chi connectivity index (χ1n) is 9.03. The van der Waals surface area contributed by atoms with E-state index in [4.69, 9.17) is 9.63 Å². The number of aromatic nitrogens is 1. The van der Waals surface area contributed by atoms with E-state index >= 15 is 0 Å². The first kappa shape index (κ1) is 20.6. The maximum Gasteiger partial charge on any atom is 0.273 e. The van der Waals surface area contributed by atoms with E-state index in [1.54, 1.807) is 6.92 Å². The second-order valence-electron chi connectivity index (χ2n) is 6.53. The zero-order valence-electron chi connectivity index (χ0n) is 15.7. The topological polar surface area (TPSA) is 87.4 Å². The molecule has 0 saturated carbocycles. The van der Waals surface area contributed by atoms with Gasteiger partial charge in [0.1, 0.15) is 6.61 Å². The monoisotopic (exact) mass is 339 g/mol. The Kier molecular flexibility index (Phi) is 8.42. The van der Waals surface area contributed by atoms with Gasteiger partial charge in [0.15, 0.2) is 11.5 Å². The number of nitrogens with one attached hydrogen (secondary N) is 2. The number of aliphatic hydroxyl groups is 1. The minimum atomic E-state index is -0.253. The highest BCUT2D eigenvalue weighted by Crippen LogP contribution is 2.30. The van der Waals surface area contributed by atoms with Gasteiger partial charge in [0.05, 0.1) is 0 Å². The minimum absolute atomic E-state index is 0.000844. The molecule has 1 heterocycles. The fraction of sp³-hybridized carbons (Fsp3) is 0.778. The van der Waals surface area contributed by atoms with Crippen molar-refractivity contribution in [3.05, 3.63) is 17.0 Å². The Morgan fingerprint density at radius 3 is 2.50 bits per heavy atom. The highest BCUT2D eigenvalue weighted by molar-refractivity contribution is 5.93. The second kappa shape index (κ2) is 9.79. The summed E-state index contributed by atoms with van der Waals surface area (Å²) < 4.78 is 5.00. The predicted octanol–water partition coefficient (Wildman–Crippen LogP) is 2.79. The lowest BCUT2D eigenvalue weighted by atomic mass is 9.76. The fourth-order valence-corrected chi connectivity index (χ4v) is 3.05. The first-order chi connectivity index (χ1) is 11.5. The molecule has 0 aliphatic carbocycles. The van der Waals surface area contributed by atoms with Gasteiger partial charge in [-0.25, -0.2) is 0 Å². The van der Waals surface area contributed by atoms with Crippen molar-refractivity contribution >= 4 is 5.91 Å². The van der Waals surface area contributed by atoms with Crippen molar-refractivity contribution < 1.29 is 14.4 Å². The smallest absolute Gasteiger partial charge is 0.273 e. The molecule has 3 N–H and O–H groups in total. The minimum Gasteiger partial charge on any atom is -0.388 e. The molecule has 1 aromatic heterocycles. The number of amides is 1. The predicted molar refractivity (Wildman–Crippen MR) is 94.9 cm³/mol. The maximum absolute atomic E-state index is 12.5. The maximum atomic E-state index is 12.5. The molecule has 1 unspecified atom stereocenters. The Hall–Kier alpha value is -1.40. The van der Waals surface area contributed by atoms with Crippen LogP contribution in [0.4, 0.5) is 0 Å². The summed E-state index contributed by atoms with van der Waals surface area (Å²) in [5.41, 5.74) is 0.855. The number of nitrogens with zero attached hydrogens (tertiary/aromatic N) is 1. The molecule has 24 heavy (non-hydrogen) atoms. The van der Waals surface area contributed by atoms with Gasteiger partial charge in [0.25, 0.3) is 5.91 Å². The normalized spacial score (nSPS) is 13.1. The Morgan fingerprint density at radius 2 is 2.00 bits per heavy atom. The van der Waals surface area contributed by atoms with Crippen LogP contribution in [-0.2, 0) is 6.61 Å². The number of hydrogen-bond acceptors (Lipinski definition) is 5. The van der Waals surface area contributed by atoms with Gasteiger partial charge >= 0.3 is 0 Å². The lowest BCUT2D eigenvalue weighted by molar-refractivity contribution is 0.0863. The number of rotatable bonds is 11. The molecule has 0 aliphatic heterocycles. The van der Waals surface area contributed by atoms with Crippen molar-refractivity contribution in [1.29, 1.82) is 0 Å². The van der Waals surface area contributed by atoms with Crippen LogP contribution in [0.5, 0.6) is 0 Å². The molecule has 0 spiro atoms. The van der Waals surface area contributed by atoms with E-state index in [2.05, 4.69) is 43.5 Å². The van der Waals surface area contributed by atoms with Crippen LogP contribution < -0.4 is 10.6 Å². The molecular formula is C18H33N3O3. The molecule has 6 nitrogen and oxygen atoms in total. The van der Waals surface area contributed by atoms with Crippen LogP contribution in [0.15, 0.2) is 4.52 Å². The third kappa shape index (κ3) is 4.80. The highest BCUT2D eigenvalue weighted by atomic mass is 16.5. The van der Waals surface area contributed by atoms with Crippen LogP contribution in [0.25, 0.3) is 0 Å². The van der Waals surface area contributed by atoms with E-state index in [0.717, 1.165) is 32.4 Å². The molecular weight excluding hydrogens is 306 g/mol. The number of carbonyl (C=O) groups is 1. The van der Waals surface area contributed by atoms with Gasteiger partial charge in [-0.1, -0.05) is 32.3 Å². The van der Waals surface area contributed by atoms with Gasteiger partial charge in [0.2, 0.25) is 0 Å². The van der Waals surface area contributed by atoms with E-state index in [0.29, 0.717) is 11.3 Å². The Balaban J connectivity index is 2.77. The van der Waals surface area contributed by atoms with Crippen LogP contribution in [-0.4, -0.2) is 35.3 Å². The average Bonchev–Trinajstić information content (AvgIpc) is 2.96. The van der Waals surface area contributed by atoms with Crippen molar-refractivity contribution in [1.82, 2.24) is 15.8 Å². The van der Waals surface area contributed by atoms with Crippen molar-refractivity contribution in [2.45, 2.75) is 73.0 Å². The number of hydrogen-bond donors (Lipinski definition) is 3. The fourth-order valence-electron chi connectivity index (χ4n) is 3.05. The zero-order valence-corrected chi connectivity index (χ0v) is 15.7. The van der Waals surface area contributed by atoms with Crippen LogP contribution in [0.2, 0.25) is 0 Å². The Morgan fingerprint density at radius 1 is 1.33 bits per heavy atom. The van der Waals surface area contributed by atoms with Gasteiger partial charge in [-0.3, -0.25) is 4.79 Å². The third-order valence-corrected chi connectivity index (χ3v) is 5.24. The molecule has 1 atom stereocenters. The highest BCUT2D eigenvalue weighted by Gasteiger charge is 2.34. The summed E-state index contributed by atoms with van der Waals surface area (Å²) in [6.07, 6.45) is 4.28. The molecule has 1 rings (SSSR count). The molecule has 0 bridgehead atoms. The van der Waals surface area contributed by atoms with E-state index < -0.39 is 0 Å². The number of carbonyl (C=O) groups excluding carboxylic acids is 1. The van der Waals surface area contributed by atoms with Crippen molar-refractivity contribution in [2.24, 2.45) is 5.41 Å². The lowest BCUT2D eigenvalue weighted by Crippen LogP contribution is -2.50.